The average molecular weight is 245 g/mol. The van der Waals surface area contributed by atoms with E-state index in [-0.39, 0.29) is 12.3 Å². The van der Waals surface area contributed by atoms with Crippen molar-refractivity contribution in [2.45, 2.75) is 20.5 Å². The molecule has 0 unspecified atom stereocenters. The average Bonchev–Trinajstić information content (AvgIpc) is 2.71. The van der Waals surface area contributed by atoms with Gasteiger partial charge in [-0.1, -0.05) is 11.2 Å². The largest absolute Gasteiger partial charge is 0.488 e. The van der Waals surface area contributed by atoms with Gasteiger partial charge in [-0.3, -0.25) is 0 Å². The van der Waals surface area contributed by atoms with Crippen LogP contribution < -0.4 is 4.74 Å². The van der Waals surface area contributed by atoms with E-state index in [1.54, 1.807) is 0 Å². The van der Waals surface area contributed by atoms with Crippen LogP contribution in [0.4, 0.5) is 0 Å². The van der Waals surface area contributed by atoms with Gasteiger partial charge in [0.1, 0.15) is 12.4 Å². The lowest BCUT2D eigenvalue weighted by Crippen LogP contribution is -2.09. The van der Waals surface area contributed by atoms with Crippen molar-refractivity contribution in [3.05, 3.63) is 34.5 Å². The van der Waals surface area contributed by atoms with Crippen LogP contribution in [-0.2, 0) is 6.61 Å². The number of carboxylic acid groups (broad SMARTS) is 1. The molecular weight excluding hydrogens is 234 g/mol. The molecule has 0 bridgehead atoms. The normalized spacial score (nSPS) is 12.6. The van der Waals surface area contributed by atoms with Crippen LogP contribution in [0.15, 0.2) is 16.7 Å². The molecule has 0 spiro atoms. The van der Waals surface area contributed by atoms with Gasteiger partial charge in [-0.15, -0.1) is 0 Å². The third-order valence-electron chi connectivity index (χ3n) is 3.03. The topological polar surface area (TPSA) is 72.6 Å². The molecule has 3 rings (SSSR count). The van der Waals surface area contributed by atoms with Gasteiger partial charge in [0.25, 0.3) is 0 Å². The van der Waals surface area contributed by atoms with Crippen LogP contribution in [0.3, 0.4) is 0 Å². The number of aryl methyl sites for hydroxylation is 2. The van der Waals surface area contributed by atoms with E-state index in [0.29, 0.717) is 17.1 Å². The fraction of sp³-hybridized carbons (Fsp3) is 0.231. The Hall–Kier alpha value is -2.30. The maximum absolute atomic E-state index is 11.0. The van der Waals surface area contributed by atoms with Crippen molar-refractivity contribution in [2.24, 2.45) is 0 Å². The van der Waals surface area contributed by atoms with Crippen molar-refractivity contribution in [2.75, 3.05) is 0 Å². The summed E-state index contributed by atoms with van der Waals surface area (Å²) in [5.41, 5.74) is 3.30. The Morgan fingerprint density at radius 3 is 2.89 bits per heavy atom. The summed E-state index contributed by atoms with van der Waals surface area (Å²) in [7, 11) is 0. The highest BCUT2D eigenvalue weighted by Crippen LogP contribution is 2.41. The summed E-state index contributed by atoms with van der Waals surface area (Å²) in [4.78, 5) is 11.0. The Kier molecular flexibility index (Phi) is 2.16. The first-order valence-corrected chi connectivity index (χ1v) is 5.54. The Morgan fingerprint density at radius 1 is 1.39 bits per heavy atom. The highest BCUT2D eigenvalue weighted by atomic mass is 16.5. The maximum Gasteiger partial charge on any atom is 0.358 e. The zero-order chi connectivity index (χ0) is 12.9. The first-order chi connectivity index (χ1) is 8.58. The second-order valence-corrected chi connectivity index (χ2v) is 4.39. The number of aromatic carboxylic acids is 1. The summed E-state index contributed by atoms with van der Waals surface area (Å²) < 4.78 is 10.8. The van der Waals surface area contributed by atoms with Crippen molar-refractivity contribution in [1.82, 2.24) is 5.16 Å². The molecule has 0 aliphatic carbocycles. The molecule has 0 radical (unpaired) electrons. The molecule has 2 heterocycles. The Bertz CT molecular complexity index is 657. The molecule has 1 aliphatic rings. The Balaban J connectivity index is 2.27. The summed E-state index contributed by atoms with van der Waals surface area (Å²) in [6.45, 7) is 4.10. The van der Waals surface area contributed by atoms with Crippen LogP contribution in [0.5, 0.6) is 5.75 Å². The number of benzene rings is 1. The SMILES string of the molecule is Cc1cc(C)c2c(c1)OCc1c(C(=O)O)noc1-2. The molecule has 1 aromatic heterocycles. The third kappa shape index (κ3) is 1.40. The molecular formula is C13H11NO4. The quantitative estimate of drug-likeness (QED) is 0.835. The summed E-state index contributed by atoms with van der Waals surface area (Å²) >= 11 is 0. The van der Waals surface area contributed by atoms with E-state index in [9.17, 15) is 4.79 Å². The minimum atomic E-state index is -1.10. The number of carboxylic acids is 1. The highest BCUT2D eigenvalue weighted by Gasteiger charge is 2.29. The molecule has 92 valence electrons. The van der Waals surface area contributed by atoms with E-state index in [4.69, 9.17) is 14.4 Å². The van der Waals surface area contributed by atoms with Crippen LogP contribution in [0.25, 0.3) is 11.3 Å². The van der Waals surface area contributed by atoms with Gasteiger partial charge in [0.05, 0.1) is 11.1 Å². The molecule has 18 heavy (non-hydrogen) atoms. The summed E-state index contributed by atoms with van der Waals surface area (Å²) in [5.74, 6) is 0.121. The second-order valence-electron chi connectivity index (χ2n) is 4.39. The number of fused-ring (bicyclic) bond motifs is 3. The van der Waals surface area contributed by atoms with Gasteiger partial charge >= 0.3 is 5.97 Å². The molecule has 5 nitrogen and oxygen atoms in total. The number of ether oxygens (including phenoxy) is 1. The predicted octanol–water partition coefficient (Wildman–Crippen LogP) is 2.55. The van der Waals surface area contributed by atoms with E-state index in [1.807, 2.05) is 26.0 Å². The van der Waals surface area contributed by atoms with Crippen LogP contribution >= 0.6 is 0 Å². The third-order valence-corrected chi connectivity index (χ3v) is 3.03. The first kappa shape index (κ1) is 10.8. The minimum absolute atomic E-state index is 0.0735. The molecule has 1 aromatic carbocycles. The van der Waals surface area contributed by atoms with Crippen molar-refractivity contribution in [3.63, 3.8) is 0 Å². The van der Waals surface area contributed by atoms with Crippen LogP contribution in [0.2, 0.25) is 0 Å². The van der Waals surface area contributed by atoms with Crippen molar-refractivity contribution >= 4 is 5.97 Å². The molecule has 1 N–H and O–H groups in total. The number of hydrogen-bond donors (Lipinski definition) is 1. The summed E-state index contributed by atoms with van der Waals surface area (Å²) in [6.07, 6.45) is 0. The van der Waals surface area contributed by atoms with Gasteiger partial charge in [0.15, 0.2) is 11.5 Å². The first-order valence-electron chi connectivity index (χ1n) is 5.54. The number of rotatable bonds is 1. The molecule has 0 atom stereocenters. The second kappa shape index (κ2) is 3.60. The zero-order valence-corrected chi connectivity index (χ0v) is 9.98. The molecule has 0 saturated heterocycles. The van der Waals surface area contributed by atoms with Gasteiger partial charge in [0.2, 0.25) is 0 Å². The van der Waals surface area contributed by atoms with Crippen LogP contribution in [-0.4, -0.2) is 16.2 Å². The van der Waals surface area contributed by atoms with Crippen molar-refractivity contribution in [3.8, 4) is 17.1 Å². The van der Waals surface area contributed by atoms with Crippen molar-refractivity contribution < 1.29 is 19.2 Å². The van der Waals surface area contributed by atoms with E-state index in [0.717, 1.165) is 16.7 Å². The van der Waals surface area contributed by atoms with E-state index < -0.39 is 5.97 Å². The van der Waals surface area contributed by atoms with Gasteiger partial charge in [-0.2, -0.15) is 0 Å². The predicted molar refractivity (Wildman–Crippen MR) is 62.7 cm³/mol. The van der Waals surface area contributed by atoms with Gasteiger partial charge in [-0.25, -0.2) is 4.79 Å². The highest BCUT2D eigenvalue weighted by molar-refractivity contribution is 5.90. The summed E-state index contributed by atoms with van der Waals surface area (Å²) in [6, 6.07) is 3.91. The Labute approximate surface area is 103 Å². The lowest BCUT2D eigenvalue weighted by Gasteiger charge is -2.18. The number of carbonyl (C=O) groups is 1. The molecule has 0 fully saturated rings. The van der Waals surface area contributed by atoms with Crippen LogP contribution in [0, 0.1) is 13.8 Å². The lowest BCUT2D eigenvalue weighted by molar-refractivity contribution is 0.0683. The number of nitrogens with zero attached hydrogens (tertiary/aromatic N) is 1. The number of aromatic nitrogens is 1. The fourth-order valence-corrected chi connectivity index (χ4v) is 2.29. The van der Waals surface area contributed by atoms with E-state index in [2.05, 4.69) is 5.16 Å². The lowest BCUT2D eigenvalue weighted by atomic mass is 9.97. The fourth-order valence-electron chi connectivity index (χ4n) is 2.29. The van der Waals surface area contributed by atoms with Crippen LogP contribution in [0.1, 0.15) is 27.2 Å². The maximum atomic E-state index is 11.0. The Morgan fingerprint density at radius 2 is 2.17 bits per heavy atom. The molecule has 1 aliphatic heterocycles. The van der Waals surface area contributed by atoms with Gasteiger partial charge < -0.3 is 14.4 Å². The smallest absolute Gasteiger partial charge is 0.358 e. The van der Waals surface area contributed by atoms with E-state index in [1.165, 1.54) is 0 Å². The molecule has 0 saturated carbocycles. The minimum Gasteiger partial charge on any atom is -0.488 e. The molecule has 5 heteroatoms. The van der Waals surface area contributed by atoms with Gasteiger partial charge in [-0.05, 0) is 31.0 Å². The molecule has 2 aromatic rings. The zero-order valence-electron chi connectivity index (χ0n) is 9.98. The standard InChI is InChI=1S/C13H11NO4/c1-6-3-7(2)10-9(4-6)17-5-8-11(13(15)16)14-18-12(8)10/h3-4H,5H2,1-2H3,(H,15,16). The van der Waals surface area contributed by atoms with Crippen molar-refractivity contribution in [1.29, 1.82) is 0 Å². The summed E-state index contributed by atoms with van der Waals surface area (Å²) in [5, 5.41) is 12.6. The van der Waals surface area contributed by atoms with Gasteiger partial charge in [0, 0.05) is 0 Å². The number of hydrogen-bond acceptors (Lipinski definition) is 4. The monoisotopic (exact) mass is 245 g/mol. The van der Waals surface area contributed by atoms with E-state index >= 15 is 0 Å². The molecule has 0 amide bonds.